The Balaban J connectivity index is 3.98. The van der Waals surface area contributed by atoms with Crippen molar-refractivity contribution < 1.29 is 24.3 Å². The van der Waals surface area contributed by atoms with Crippen molar-refractivity contribution in [2.24, 2.45) is 0 Å². The van der Waals surface area contributed by atoms with Crippen molar-refractivity contribution in [1.82, 2.24) is 0 Å². The molecule has 0 saturated heterocycles. The van der Waals surface area contributed by atoms with Gasteiger partial charge in [-0.25, -0.2) is 0 Å². The molecule has 0 rings (SSSR count). The van der Waals surface area contributed by atoms with E-state index in [1.807, 2.05) is 21.1 Å². The Morgan fingerprint density at radius 2 is 1.44 bits per heavy atom. The van der Waals surface area contributed by atoms with Gasteiger partial charge in [0.1, 0.15) is 6.54 Å². The largest absolute Gasteiger partial charge is 0.550 e. The number of carboxylic acid groups (broad SMARTS) is 1. The fourth-order valence-corrected chi connectivity index (χ4v) is 3.31. The maximum atomic E-state index is 12.4. The number of nitrogens with zero attached hydrogens (tertiary/aromatic N) is 1. The molecule has 0 aromatic heterocycles. The van der Waals surface area contributed by atoms with Gasteiger partial charge in [-0.05, 0) is 25.7 Å². The van der Waals surface area contributed by atoms with E-state index in [1.165, 1.54) is 32.1 Å². The molecule has 0 heterocycles. The van der Waals surface area contributed by atoms with Gasteiger partial charge in [0.15, 0.2) is 11.4 Å². The molecular formula is C22H41NO4. The van der Waals surface area contributed by atoms with E-state index in [0.717, 1.165) is 25.7 Å². The lowest BCUT2D eigenvalue weighted by Crippen LogP contribution is -2.56. The number of aliphatic hydroxyl groups is 1. The van der Waals surface area contributed by atoms with Gasteiger partial charge in [-0.3, -0.25) is 4.79 Å². The van der Waals surface area contributed by atoms with Crippen LogP contribution in [0.2, 0.25) is 0 Å². The van der Waals surface area contributed by atoms with E-state index in [9.17, 15) is 19.8 Å². The molecule has 0 saturated carbocycles. The average Bonchev–Trinajstić information content (AvgIpc) is 2.53. The van der Waals surface area contributed by atoms with Gasteiger partial charge in [-0.15, -0.1) is 0 Å². The van der Waals surface area contributed by atoms with Crippen LogP contribution >= 0.6 is 0 Å². The Morgan fingerprint density at radius 1 is 0.926 bits per heavy atom. The Bertz CT molecular complexity index is 454. The number of aliphatic carboxylic acids is 1. The summed E-state index contributed by atoms with van der Waals surface area (Å²) < 4.78 is 0.322. The fourth-order valence-electron chi connectivity index (χ4n) is 3.31. The van der Waals surface area contributed by atoms with E-state index < -0.39 is 18.0 Å². The number of unbranched alkanes of at least 4 members (excludes halogenated alkanes) is 8. The monoisotopic (exact) mass is 383 g/mol. The van der Waals surface area contributed by atoms with Gasteiger partial charge < -0.3 is 19.5 Å². The standard InChI is InChI=1S/C22H41NO4/c1-5-6-7-8-9-10-11-12-13-14-15-16-17-20(24)22(27,18-21(25)26)19-23(2,3)4/h8-9,27H,5-7,10-19H2,1-4H3. The molecule has 0 bridgehead atoms. The molecule has 0 radical (unpaired) electrons. The number of rotatable bonds is 17. The zero-order valence-corrected chi connectivity index (χ0v) is 18.0. The second-order valence-electron chi connectivity index (χ2n) is 8.73. The molecule has 27 heavy (non-hydrogen) atoms. The molecule has 0 aromatic rings. The number of hydrogen-bond acceptors (Lipinski definition) is 4. The zero-order chi connectivity index (χ0) is 20.8. The Labute approximate surface area is 166 Å². The van der Waals surface area contributed by atoms with Gasteiger partial charge in [0.2, 0.25) is 0 Å². The number of carbonyl (C=O) groups is 2. The quantitative estimate of drug-likeness (QED) is 0.238. The minimum Gasteiger partial charge on any atom is -0.550 e. The number of hydrogen-bond donors (Lipinski definition) is 1. The summed E-state index contributed by atoms with van der Waals surface area (Å²) in [5.41, 5.74) is -1.83. The summed E-state index contributed by atoms with van der Waals surface area (Å²) in [4.78, 5) is 23.3. The van der Waals surface area contributed by atoms with Gasteiger partial charge >= 0.3 is 0 Å². The number of Topliss-reactive ketones (excluding diaryl/α,β-unsaturated/α-hetero) is 1. The number of quaternary nitrogens is 1. The van der Waals surface area contributed by atoms with Crippen LogP contribution in [0.4, 0.5) is 0 Å². The van der Waals surface area contributed by atoms with Crippen LogP contribution in [0.1, 0.15) is 84.0 Å². The highest BCUT2D eigenvalue weighted by Crippen LogP contribution is 2.19. The summed E-state index contributed by atoms with van der Waals surface area (Å²) >= 11 is 0. The fraction of sp³-hybridized carbons (Fsp3) is 0.818. The first-order valence-electron chi connectivity index (χ1n) is 10.5. The predicted molar refractivity (Wildman–Crippen MR) is 108 cm³/mol. The van der Waals surface area contributed by atoms with Gasteiger partial charge in [-0.1, -0.05) is 57.6 Å². The van der Waals surface area contributed by atoms with Gasteiger partial charge in [-0.2, -0.15) is 0 Å². The summed E-state index contributed by atoms with van der Waals surface area (Å²) in [5.74, 6) is -1.76. The van der Waals surface area contributed by atoms with E-state index in [-0.39, 0.29) is 18.7 Å². The van der Waals surface area contributed by atoms with Crippen LogP contribution in [0.25, 0.3) is 0 Å². The molecule has 0 aliphatic heterocycles. The topological polar surface area (TPSA) is 77.4 Å². The Kier molecular flexibility index (Phi) is 13.3. The summed E-state index contributed by atoms with van der Waals surface area (Å²) in [6, 6.07) is 0. The van der Waals surface area contributed by atoms with Crippen LogP contribution in [0.5, 0.6) is 0 Å². The van der Waals surface area contributed by atoms with E-state index in [4.69, 9.17) is 0 Å². The van der Waals surface area contributed by atoms with E-state index in [2.05, 4.69) is 19.1 Å². The number of ketones is 1. The minimum absolute atomic E-state index is 0.0750. The first-order chi connectivity index (χ1) is 12.6. The zero-order valence-electron chi connectivity index (χ0n) is 18.0. The normalized spacial score (nSPS) is 14.4. The van der Waals surface area contributed by atoms with E-state index in [1.54, 1.807) is 0 Å². The summed E-state index contributed by atoms with van der Waals surface area (Å²) in [5, 5.41) is 21.5. The molecule has 5 heteroatoms. The van der Waals surface area contributed by atoms with Crippen molar-refractivity contribution in [3.63, 3.8) is 0 Å². The van der Waals surface area contributed by atoms with Crippen LogP contribution < -0.4 is 5.11 Å². The van der Waals surface area contributed by atoms with Gasteiger partial charge in [0, 0.05) is 18.8 Å². The maximum Gasteiger partial charge on any atom is 0.177 e. The molecular weight excluding hydrogens is 342 g/mol. The molecule has 1 atom stereocenters. The lowest BCUT2D eigenvalue weighted by molar-refractivity contribution is -0.875. The summed E-state index contributed by atoms with van der Waals surface area (Å²) in [6.07, 6.45) is 15.2. The third kappa shape index (κ3) is 14.5. The molecule has 0 amide bonds. The highest BCUT2D eigenvalue weighted by molar-refractivity contribution is 5.90. The SMILES string of the molecule is CCCCC=CCCCCCCCCC(=O)C(O)(CC(=O)[O-])C[N+](C)(C)C. The first-order valence-corrected chi connectivity index (χ1v) is 10.5. The Hall–Kier alpha value is -1.20. The van der Waals surface area contributed by atoms with Gasteiger partial charge in [0.25, 0.3) is 0 Å². The lowest BCUT2D eigenvalue weighted by atomic mass is 9.89. The van der Waals surface area contributed by atoms with Crippen molar-refractivity contribution in [2.75, 3.05) is 27.7 Å². The minimum atomic E-state index is -1.83. The maximum absolute atomic E-state index is 12.4. The van der Waals surface area contributed by atoms with Crippen molar-refractivity contribution >= 4 is 11.8 Å². The van der Waals surface area contributed by atoms with Crippen LogP contribution in [0.3, 0.4) is 0 Å². The van der Waals surface area contributed by atoms with Crippen molar-refractivity contribution in [1.29, 1.82) is 0 Å². The third-order valence-corrected chi connectivity index (χ3v) is 4.61. The highest BCUT2D eigenvalue weighted by Gasteiger charge is 2.40. The molecule has 1 N–H and O–H groups in total. The molecule has 158 valence electrons. The van der Waals surface area contributed by atoms with Crippen molar-refractivity contribution in [3.05, 3.63) is 12.2 Å². The smallest absolute Gasteiger partial charge is 0.177 e. The number of carboxylic acids is 1. The summed E-state index contributed by atoms with van der Waals surface area (Å²) in [7, 11) is 5.48. The van der Waals surface area contributed by atoms with Crippen molar-refractivity contribution in [3.8, 4) is 0 Å². The summed E-state index contributed by atoms with van der Waals surface area (Å²) in [6.45, 7) is 2.28. The average molecular weight is 384 g/mol. The molecule has 0 aliphatic carbocycles. The molecule has 0 aliphatic rings. The van der Waals surface area contributed by atoms with Crippen LogP contribution in [-0.4, -0.2) is 54.6 Å². The van der Waals surface area contributed by atoms with Crippen molar-refractivity contribution in [2.45, 2.75) is 89.6 Å². The lowest BCUT2D eigenvalue weighted by Gasteiger charge is -2.34. The molecule has 5 nitrogen and oxygen atoms in total. The highest BCUT2D eigenvalue weighted by atomic mass is 16.4. The third-order valence-electron chi connectivity index (χ3n) is 4.61. The second kappa shape index (κ2) is 13.9. The molecule has 0 spiro atoms. The van der Waals surface area contributed by atoms with E-state index in [0.29, 0.717) is 10.9 Å². The van der Waals surface area contributed by atoms with E-state index >= 15 is 0 Å². The van der Waals surface area contributed by atoms with Crippen LogP contribution in [0.15, 0.2) is 12.2 Å². The number of allylic oxidation sites excluding steroid dienone is 2. The molecule has 0 fully saturated rings. The first kappa shape index (κ1) is 25.8. The number of likely N-dealkylation sites (N-methyl/N-ethyl adjacent to an activating group) is 1. The number of carbonyl (C=O) groups excluding carboxylic acids is 2. The van der Waals surface area contributed by atoms with Gasteiger partial charge in [0.05, 0.1) is 21.1 Å². The molecule has 1 unspecified atom stereocenters. The second-order valence-corrected chi connectivity index (χ2v) is 8.73. The predicted octanol–water partition coefficient (Wildman–Crippen LogP) is 3.00. The van der Waals surface area contributed by atoms with Crippen LogP contribution in [-0.2, 0) is 9.59 Å². The Morgan fingerprint density at radius 3 is 1.96 bits per heavy atom. The van der Waals surface area contributed by atoms with Crippen LogP contribution in [0, 0.1) is 0 Å². The molecule has 0 aromatic carbocycles.